The van der Waals surface area contributed by atoms with Crippen LogP contribution in [0.5, 0.6) is 11.5 Å². The molecular formula is C40H44BrNO4. The van der Waals surface area contributed by atoms with Crippen LogP contribution in [0, 0.1) is 24.7 Å². The molecule has 0 fully saturated rings. The first-order valence-corrected chi connectivity index (χ1v) is 17.0. The molecule has 0 radical (unpaired) electrons. The van der Waals surface area contributed by atoms with E-state index in [2.05, 4.69) is 92.7 Å². The number of ether oxygens (including phenoxy) is 2. The number of benzene rings is 3. The maximum Gasteiger partial charge on any atom is 0.175 e. The molecule has 6 heteroatoms. The minimum Gasteiger partial charge on any atom is -0.493 e. The van der Waals surface area contributed by atoms with Crippen molar-refractivity contribution in [3.63, 3.8) is 0 Å². The molecule has 0 aromatic heterocycles. The Bertz CT molecular complexity index is 1710. The fraction of sp³-hybridized carbons (Fsp3) is 0.400. The highest BCUT2D eigenvalue weighted by Gasteiger charge is 2.49. The zero-order valence-electron chi connectivity index (χ0n) is 28.1. The Balaban J connectivity index is 1.50. The van der Waals surface area contributed by atoms with Gasteiger partial charge in [0.1, 0.15) is 6.61 Å². The molecule has 240 valence electrons. The third-order valence-electron chi connectivity index (χ3n) is 9.46. The van der Waals surface area contributed by atoms with Gasteiger partial charge in [0, 0.05) is 47.8 Å². The molecule has 0 atom stereocenters. The summed E-state index contributed by atoms with van der Waals surface area (Å²) >= 11 is 3.79. The standard InChI is InChI=1S/C40H44BrNO4/c1-24-13-25(2)15-27(14-24)23-46-38-29(41)16-28(17-34(38)45-7)35-36-30(18-39(3,4)20-32(36)43)42(22-26-11-9-8-10-12-26)31-19-40(5,6)21-33(44)37(31)35/h8-17,35H,18-23H2,1-7H3. The summed E-state index contributed by atoms with van der Waals surface area (Å²) in [6.45, 7) is 13.9. The van der Waals surface area contributed by atoms with Crippen LogP contribution in [-0.2, 0) is 22.7 Å². The Labute approximate surface area is 281 Å². The van der Waals surface area contributed by atoms with Crippen LogP contribution >= 0.6 is 15.9 Å². The predicted molar refractivity (Wildman–Crippen MR) is 186 cm³/mol. The van der Waals surface area contributed by atoms with Crippen molar-refractivity contribution in [3.05, 3.63) is 115 Å². The maximum absolute atomic E-state index is 14.3. The number of carbonyl (C=O) groups excluding carboxylic acids is 2. The highest BCUT2D eigenvalue weighted by Crippen LogP contribution is 2.55. The van der Waals surface area contributed by atoms with Gasteiger partial charge in [0.2, 0.25) is 0 Å². The lowest BCUT2D eigenvalue weighted by Gasteiger charge is -2.49. The largest absolute Gasteiger partial charge is 0.493 e. The molecule has 3 aromatic rings. The van der Waals surface area contributed by atoms with Crippen LogP contribution in [0.4, 0.5) is 0 Å². The van der Waals surface area contributed by atoms with Crippen molar-refractivity contribution in [2.24, 2.45) is 10.8 Å². The summed E-state index contributed by atoms with van der Waals surface area (Å²) in [6, 6.07) is 20.7. The van der Waals surface area contributed by atoms with Gasteiger partial charge >= 0.3 is 0 Å². The summed E-state index contributed by atoms with van der Waals surface area (Å²) in [5, 5.41) is 0. The van der Waals surface area contributed by atoms with Gasteiger partial charge < -0.3 is 14.4 Å². The number of carbonyl (C=O) groups is 2. The Hall–Kier alpha value is -3.64. The van der Waals surface area contributed by atoms with Crippen LogP contribution in [-0.4, -0.2) is 23.6 Å². The van der Waals surface area contributed by atoms with E-state index in [4.69, 9.17) is 9.47 Å². The molecule has 46 heavy (non-hydrogen) atoms. The van der Waals surface area contributed by atoms with E-state index in [-0.39, 0.29) is 22.4 Å². The number of hydrogen-bond acceptors (Lipinski definition) is 5. The van der Waals surface area contributed by atoms with Crippen molar-refractivity contribution in [2.45, 2.75) is 86.3 Å². The van der Waals surface area contributed by atoms with Crippen LogP contribution in [0.1, 0.15) is 87.1 Å². The summed E-state index contributed by atoms with van der Waals surface area (Å²) in [4.78, 5) is 30.9. The van der Waals surface area contributed by atoms with E-state index >= 15 is 0 Å². The second-order valence-electron chi connectivity index (χ2n) is 14.9. The van der Waals surface area contributed by atoms with Gasteiger partial charge in [-0.25, -0.2) is 0 Å². The van der Waals surface area contributed by atoms with Crippen molar-refractivity contribution in [2.75, 3.05) is 7.11 Å². The van der Waals surface area contributed by atoms with E-state index in [1.165, 1.54) is 11.1 Å². The molecule has 0 unspecified atom stereocenters. The van der Waals surface area contributed by atoms with Gasteiger partial charge in [-0.2, -0.15) is 0 Å². The number of halogens is 1. The average molecular weight is 683 g/mol. The number of rotatable bonds is 7. The van der Waals surface area contributed by atoms with Crippen LogP contribution in [0.15, 0.2) is 87.7 Å². The first-order valence-electron chi connectivity index (χ1n) is 16.2. The van der Waals surface area contributed by atoms with E-state index < -0.39 is 5.92 Å². The molecule has 0 saturated heterocycles. The molecule has 3 aliphatic rings. The number of nitrogens with zero attached hydrogens (tertiary/aromatic N) is 1. The van der Waals surface area contributed by atoms with Crippen molar-refractivity contribution in [1.29, 1.82) is 0 Å². The van der Waals surface area contributed by atoms with E-state index in [0.717, 1.165) is 56.5 Å². The molecule has 6 rings (SSSR count). The average Bonchev–Trinajstić information content (AvgIpc) is 2.95. The van der Waals surface area contributed by atoms with E-state index in [9.17, 15) is 9.59 Å². The molecule has 0 spiro atoms. The summed E-state index contributed by atoms with van der Waals surface area (Å²) in [5.74, 6) is 0.926. The van der Waals surface area contributed by atoms with Gasteiger partial charge in [0.15, 0.2) is 23.1 Å². The van der Waals surface area contributed by atoms with Gasteiger partial charge in [-0.05, 0) is 82.3 Å². The molecule has 5 nitrogen and oxygen atoms in total. The third-order valence-corrected chi connectivity index (χ3v) is 10.0. The van der Waals surface area contributed by atoms with Gasteiger partial charge in [-0.3, -0.25) is 9.59 Å². The van der Waals surface area contributed by atoms with Gasteiger partial charge in [-0.1, -0.05) is 87.4 Å². The van der Waals surface area contributed by atoms with Crippen LogP contribution in [0.25, 0.3) is 0 Å². The minimum absolute atomic E-state index is 0.115. The third kappa shape index (κ3) is 6.33. The van der Waals surface area contributed by atoms with Crippen LogP contribution < -0.4 is 9.47 Å². The zero-order valence-corrected chi connectivity index (χ0v) is 29.6. The zero-order chi connectivity index (χ0) is 33.0. The molecule has 0 N–H and O–H groups in total. The first kappa shape index (κ1) is 32.3. The van der Waals surface area contributed by atoms with Gasteiger partial charge in [0.25, 0.3) is 0 Å². The van der Waals surface area contributed by atoms with Crippen molar-refractivity contribution < 1.29 is 19.1 Å². The van der Waals surface area contributed by atoms with E-state index in [0.29, 0.717) is 37.5 Å². The topological polar surface area (TPSA) is 55.8 Å². The number of aryl methyl sites for hydroxylation is 2. The summed E-state index contributed by atoms with van der Waals surface area (Å²) in [5.41, 5.74) is 8.69. The van der Waals surface area contributed by atoms with Crippen LogP contribution in [0.2, 0.25) is 0 Å². The molecule has 1 heterocycles. The van der Waals surface area contributed by atoms with E-state index in [1.54, 1.807) is 7.11 Å². The van der Waals surface area contributed by atoms with Crippen molar-refractivity contribution in [3.8, 4) is 11.5 Å². The predicted octanol–water partition coefficient (Wildman–Crippen LogP) is 9.54. The molecule has 0 amide bonds. The van der Waals surface area contributed by atoms with Gasteiger partial charge in [0.05, 0.1) is 11.6 Å². The monoisotopic (exact) mass is 681 g/mol. The normalized spacial score (nSPS) is 19.3. The molecule has 3 aromatic carbocycles. The number of allylic oxidation sites excluding steroid dienone is 4. The van der Waals surface area contributed by atoms with Crippen LogP contribution in [0.3, 0.4) is 0 Å². The highest BCUT2D eigenvalue weighted by atomic mass is 79.9. The quantitative estimate of drug-likeness (QED) is 0.249. The van der Waals surface area contributed by atoms with Crippen molar-refractivity contribution in [1.82, 2.24) is 4.90 Å². The lowest BCUT2D eigenvalue weighted by molar-refractivity contribution is -0.119. The van der Waals surface area contributed by atoms with Crippen molar-refractivity contribution >= 4 is 27.5 Å². The maximum atomic E-state index is 14.3. The number of hydrogen-bond donors (Lipinski definition) is 0. The number of ketones is 2. The lowest BCUT2D eigenvalue weighted by atomic mass is 9.63. The molecule has 2 aliphatic carbocycles. The smallest absolute Gasteiger partial charge is 0.175 e. The van der Waals surface area contributed by atoms with E-state index in [1.807, 2.05) is 30.3 Å². The highest BCUT2D eigenvalue weighted by molar-refractivity contribution is 9.10. The lowest BCUT2D eigenvalue weighted by Crippen LogP contribution is -2.44. The fourth-order valence-corrected chi connectivity index (χ4v) is 8.27. The van der Waals surface area contributed by atoms with Gasteiger partial charge in [-0.15, -0.1) is 0 Å². The number of methoxy groups -OCH3 is 1. The minimum atomic E-state index is -0.470. The first-order chi connectivity index (χ1) is 21.7. The Morgan fingerprint density at radius 1 is 0.783 bits per heavy atom. The second kappa shape index (κ2) is 12.2. The molecule has 1 aliphatic heterocycles. The molecule has 0 saturated carbocycles. The molecular weight excluding hydrogens is 638 g/mol. The Morgan fingerprint density at radius 2 is 1.35 bits per heavy atom. The second-order valence-corrected chi connectivity index (χ2v) is 15.8. The molecule has 0 bridgehead atoms. The Kier molecular flexibility index (Phi) is 8.56. The summed E-state index contributed by atoms with van der Waals surface area (Å²) in [7, 11) is 1.63. The SMILES string of the molecule is COc1cc(C2C3=C(CC(C)(C)CC3=O)N(Cc3ccccc3)C3=C2C(=O)CC(C)(C)C3)cc(Br)c1OCc1cc(C)cc(C)c1. The fourth-order valence-electron chi connectivity index (χ4n) is 7.69. The summed E-state index contributed by atoms with van der Waals surface area (Å²) in [6.07, 6.45) is 2.41. The Morgan fingerprint density at radius 3 is 1.89 bits per heavy atom. The summed E-state index contributed by atoms with van der Waals surface area (Å²) < 4.78 is 13.0. The number of Topliss-reactive ketones (excluding diaryl/α,β-unsaturated/α-hetero) is 2.